The highest BCUT2D eigenvalue weighted by atomic mass is 16.5. The molecule has 0 spiro atoms. The van der Waals surface area contributed by atoms with Crippen molar-refractivity contribution in [3.05, 3.63) is 0 Å². The molecule has 29 heavy (non-hydrogen) atoms. The summed E-state index contributed by atoms with van der Waals surface area (Å²) in [5, 5.41) is 10.7. The van der Waals surface area contributed by atoms with Gasteiger partial charge in [-0.05, 0) is 85.9 Å². The van der Waals surface area contributed by atoms with E-state index >= 15 is 0 Å². The van der Waals surface area contributed by atoms with Gasteiger partial charge in [0.15, 0.2) is 0 Å². The fourth-order valence-corrected chi connectivity index (χ4v) is 8.49. The lowest BCUT2D eigenvalue weighted by molar-refractivity contribution is -0.180. The van der Waals surface area contributed by atoms with Gasteiger partial charge >= 0.3 is 5.97 Å². The maximum absolute atomic E-state index is 12.5. The molecular formula is C24H41NO4. The number of nitrogens with two attached hydrogens (primary N) is 1. The molecule has 4 aliphatic rings. The van der Waals surface area contributed by atoms with Crippen molar-refractivity contribution in [2.75, 3.05) is 13.7 Å². The number of fused-ring (bicyclic) bond motifs is 5. The van der Waals surface area contributed by atoms with Crippen LogP contribution in [0.15, 0.2) is 0 Å². The Morgan fingerprint density at radius 3 is 2.59 bits per heavy atom. The van der Waals surface area contributed by atoms with Crippen LogP contribution in [0.5, 0.6) is 0 Å². The molecule has 5 nitrogen and oxygen atoms in total. The van der Waals surface area contributed by atoms with Crippen LogP contribution in [-0.2, 0) is 14.3 Å². The average molecular weight is 408 g/mol. The van der Waals surface area contributed by atoms with E-state index in [1.807, 2.05) is 0 Å². The number of carbonyl (C=O) groups is 1. The van der Waals surface area contributed by atoms with Gasteiger partial charge in [-0.15, -0.1) is 0 Å². The predicted octanol–water partition coefficient (Wildman–Crippen LogP) is 3.52. The topological polar surface area (TPSA) is 81.8 Å². The SMILES string of the molecule is CCCOC1C[C@@]2(C)C(CC[C@@H]3[C@H]2C(N)C[C@]2(C)C(C(=O)OC)CC[C@@H]32)CC1O. The quantitative estimate of drug-likeness (QED) is 0.697. The van der Waals surface area contributed by atoms with Gasteiger partial charge in [-0.25, -0.2) is 0 Å². The number of hydrogen-bond acceptors (Lipinski definition) is 5. The monoisotopic (exact) mass is 407 g/mol. The molecule has 0 aromatic rings. The number of esters is 1. The maximum atomic E-state index is 12.5. The van der Waals surface area contributed by atoms with E-state index in [0.717, 1.165) is 44.9 Å². The Balaban J connectivity index is 1.61. The zero-order chi connectivity index (χ0) is 21.0. The van der Waals surface area contributed by atoms with Gasteiger partial charge in [0, 0.05) is 12.6 Å². The smallest absolute Gasteiger partial charge is 0.309 e. The molecule has 10 atom stereocenters. The van der Waals surface area contributed by atoms with Crippen LogP contribution in [-0.4, -0.2) is 43.0 Å². The van der Waals surface area contributed by atoms with E-state index in [2.05, 4.69) is 20.8 Å². The fourth-order valence-electron chi connectivity index (χ4n) is 8.49. The largest absolute Gasteiger partial charge is 0.469 e. The van der Waals surface area contributed by atoms with Gasteiger partial charge in [0.05, 0.1) is 25.2 Å². The molecule has 0 aliphatic heterocycles. The molecular weight excluding hydrogens is 366 g/mol. The third-order valence-electron chi connectivity index (χ3n) is 9.68. The van der Waals surface area contributed by atoms with Gasteiger partial charge in [0.2, 0.25) is 0 Å². The van der Waals surface area contributed by atoms with E-state index in [4.69, 9.17) is 15.2 Å². The van der Waals surface area contributed by atoms with Crippen LogP contribution in [0.3, 0.4) is 0 Å². The minimum absolute atomic E-state index is 0.0103. The van der Waals surface area contributed by atoms with Crippen LogP contribution in [0.2, 0.25) is 0 Å². The van der Waals surface area contributed by atoms with Crippen molar-refractivity contribution in [3.63, 3.8) is 0 Å². The highest BCUT2D eigenvalue weighted by Crippen LogP contribution is 2.67. The standard InChI is InChI=1S/C24H41NO4/c1-5-10-29-20-13-23(2)14(11-19(20)26)6-7-15-16-8-9-17(22(27)28-4)24(16,3)12-18(25)21(15)23/h14-21,26H,5-13,25H2,1-4H3/t14?,15-,16-,17?,18?,19?,20?,21-,23-,24-/m0/s1. The minimum atomic E-state index is -0.351. The molecule has 0 saturated heterocycles. The molecule has 4 saturated carbocycles. The van der Waals surface area contributed by atoms with Gasteiger partial charge < -0.3 is 20.3 Å². The van der Waals surface area contributed by atoms with E-state index in [0.29, 0.717) is 30.3 Å². The van der Waals surface area contributed by atoms with Crippen LogP contribution in [0.25, 0.3) is 0 Å². The third kappa shape index (κ3) is 3.27. The Hall–Kier alpha value is -0.650. The van der Waals surface area contributed by atoms with Gasteiger partial charge in [-0.3, -0.25) is 4.79 Å². The van der Waals surface area contributed by atoms with E-state index in [1.165, 1.54) is 13.5 Å². The Morgan fingerprint density at radius 2 is 1.90 bits per heavy atom. The Morgan fingerprint density at radius 1 is 1.14 bits per heavy atom. The van der Waals surface area contributed by atoms with Crippen molar-refractivity contribution in [2.45, 2.75) is 90.4 Å². The summed E-state index contributed by atoms with van der Waals surface area (Å²) in [5.41, 5.74) is 7.03. The number of rotatable bonds is 4. The summed E-state index contributed by atoms with van der Waals surface area (Å²) in [6, 6.07) is 0.0985. The van der Waals surface area contributed by atoms with Crippen LogP contribution >= 0.6 is 0 Å². The first-order valence-corrected chi connectivity index (χ1v) is 11.9. The Bertz CT molecular complexity index is 626. The predicted molar refractivity (Wildman–Crippen MR) is 112 cm³/mol. The molecule has 166 valence electrons. The molecule has 4 rings (SSSR count). The summed E-state index contributed by atoms with van der Waals surface area (Å²) in [4.78, 5) is 12.5. The summed E-state index contributed by atoms with van der Waals surface area (Å²) in [6.45, 7) is 7.56. The number of aliphatic hydroxyl groups excluding tert-OH is 1. The summed E-state index contributed by atoms with van der Waals surface area (Å²) < 4.78 is 11.3. The molecule has 0 bridgehead atoms. The lowest BCUT2D eigenvalue weighted by Gasteiger charge is -2.63. The zero-order valence-electron chi connectivity index (χ0n) is 18.7. The summed E-state index contributed by atoms with van der Waals surface area (Å²) in [7, 11) is 1.51. The molecule has 0 aromatic carbocycles. The molecule has 4 aliphatic carbocycles. The molecule has 0 aromatic heterocycles. The fraction of sp³-hybridized carbons (Fsp3) is 0.958. The second kappa shape index (κ2) is 7.80. The van der Waals surface area contributed by atoms with E-state index in [-0.39, 0.29) is 41.0 Å². The maximum Gasteiger partial charge on any atom is 0.309 e. The van der Waals surface area contributed by atoms with Crippen molar-refractivity contribution in [3.8, 4) is 0 Å². The van der Waals surface area contributed by atoms with Crippen LogP contribution < -0.4 is 5.73 Å². The molecule has 0 heterocycles. The first kappa shape index (κ1) is 21.6. The highest BCUT2D eigenvalue weighted by molar-refractivity contribution is 5.73. The average Bonchev–Trinajstić information content (AvgIpc) is 3.02. The van der Waals surface area contributed by atoms with Crippen LogP contribution in [0, 0.1) is 40.4 Å². The van der Waals surface area contributed by atoms with Gasteiger partial charge in [-0.1, -0.05) is 20.8 Å². The Kier molecular flexibility index (Phi) is 5.80. The van der Waals surface area contributed by atoms with Crippen molar-refractivity contribution < 1.29 is 19.4 Å². The van der Waals surface area contributed by atoms with Gasteiger partial charge in [0.1, 0.15) is 0 Å². The lowest BCUT2D eigenvalue weighted by atomic mass is 9.43. The third-order valence-corrected chi connectivity index (χ3v) is 9.68. The van der Waals surface area contributed by atoms with Gasteiger partial charge in [0.25, 0.3) is 0 Å². The number of aliphatic hydroxyl groups is 1. The number of carbonyl (C=O) groups excluding carboxylic acids is 1. The first-order chi connectivity index (χ1) is 13.8. The normalized spacial score (nSPS) is 51.7. The first-order valence-electron chi connectivity index (χ1n) is 11.9. The van der Waals surface area contributed by atoms with E-state index < -0.39 is 0 Å². The van der Waals surface area contributed by atoms with Crippen LogP contribution in [0.1, 0.15) is 72.1 Å². The molecule has 5 heteroatoms. The summed E-state index contributed by atoms with van der Waals surface area (Å²) in [5.74, 6) is 2.04. The summed E-state index contributed by atoms with van der Waals surface area (Å²) in [6.07, 6.45) is 7.61. The summed E-state index contributed by atoms with van der Waals surface area (Å²) >= 11 is 0. The molecule has 5 unspecified atom stereocenters. The molecule has 0 radical (unpaired) electrons. The van der Waals surface area contributed by atoms with Crippen molar-refractivity contribution in [1.29, 1.82) is 0 Å². The second-order valence-corrected chi connectivity index (χ2v) is 11.0. The minimum Gasteiger partial charge on any atom is -0.469 e. The van der Waals surface area contributed by atoms with Crippen LogP contribution in [0.4, 0.5) is 0 Å². The van der Waals surface area contributed by atoms with Crippen molar-refractivity contribution >= 4 is 5.97 Å². The number of ether oxygens (including phenoxy) is 2. The number of methoxy groups -OCH3 is 1. The molecule has 4 fully saturated rings. The zero-order valence-corrected chi connectivity index (χ0v) is 18.7. The number of hydrogen-bond donors (Lipinski definition) is 2. The second-order valence-electron chi connectivity index (χ2n) is 11.0. The Labute approximate surface area is 176 Å². The molecule has 0 amide bonds. The van der Waals surface area contributed by atoms with E-state index in [9.17, 15) is 9.90 Å². The van der Waals surface area contributed by atoms with Crippen molar-refractivity contribution in [1.82, 2.24) is 0 Å². The van der Waals surface area contributed by atoms with E-state index in [1.54, 1.807) is 0 Å². The van der Waals surface area contributed by atoms with Gasteiger partial charge in [-0.2, -0.15) is 0 Å². The lowest BCUT2D eigenvalue weighted by Crippen LogP contribution is -2.63. The molecule has 3 N–H and O–H groups in total. The van der Waals surface area contributed by atoms with Crippen molar-refractivity contribution in [2.24, 2.45) is 46.2 Å². The highest BCUT2D eigenvalue weighted by Gasteiger charge is 2.64.